The van der Waals surface area contributed by atoms with Crippen LogP contribution in [-0.2, 0) is 19.1 Å². The van der Waals surface area contributed by atoms with E-state index in [4.69, 9.17) is 16.2 Å². The van der Waals surface area contributed by atoms with Gasteiger partial charge in [0, 0.05) is 62.1 Å². The molecule has 41 heavy (non-hydrogen) atoms. The molecule has 0 unspecified atom stereocenters. The molecule has 0 radical (unpaired) electrons. The minimum Gasteiger partial charge on any atom is -0.378 e. The summed E-state index contributed by atoms with van der Waals surface area (Å²) in [6.07, 6.45) is 1.73. The number of ketones is 3. The topological polar surface area (TPSA) is 148 Å². The number of aliphatic imine (C=N–C) groups is 1. The SMILES string of the molecule is CC(C)[C@H](CC(=O)c1cccc(N2CCOCC2)c1)C(=O)N1CCC[C@H]1C(=O)C[C@@H](CCCN=C(N)N)C(=O)CF. The van der Waals surface area contributed by atoms with Crippen LogP contribution in [0.4, 0.5) is 10.1 Å². The molecule has 0 spiro atoms. The molecule has 10 nitrogen and oxygen atoms in total. The quantitative estimate of drug-likeness (QED) is 0.141. The molecule has 0 aliphatic carbocycles. The van der Waals surface area contributed by atoms with Crippen LogP contribution < -0.4 is 16.4 Å². The van der Waals surface area contributed by atoms with Crippen molar-refractivity contribution in [3.8, 4) is 0 Å². The summed E-state index contributed by atoms with van der Waals surface area (Å²) in [7, 11) is 0. The van der Waals surface area contributed by atoms with Crippen LogP contribution in [0.25, 0.3) is 0 Å². The molecule has 1 aromatic rings. The van der Waals surface area contributed by atoms with E-state index in [0.717, 1.165) is 18.8 Å². The average Bonchev–Trinajstić information content (AvgIpc) is 3.47. The van der Waals surface area contributed by atoms with Gasteiger partial charge in [0.1, 0.15) is 6.67 Å². The van der Waals surface area contributed by atoms with Crippen molar-refractivity contribution >= 4 is 34.9 Å². The molecule has 3 atom stereocenters. The summed E-state index contributed by atoms with van der Waals surface area (Å²) in [4.78, 5) is 60.3. The molecule has 11 heteroatoms. The number of ether oxygens (including phenoxy) is 1. The van der Waals surface area contributed by atoms with Crippen molar-refractivity contribution in [1.82, 2.24) is 4.90 Å². The first kappa shape index (κ1) is 32.2. The van der Waals surface area contributed by atoms with E-state index in [1.807, 2.05) is 32.0 Å². The molecule has 2 fully saturated rings. The predicted molar refractivity (Wildman–Crippen MR) is 155 cm³/mol. The summed E-state index contributed by atoms with van der Waals surface area (Å²) in [5.41, 5.74) is 12.2. The van der Waals surface area contributed by atoms with Crippen LogP contribution >= 0.6 is 0 Å². The molecule has 0 saturated carbocycles. The zero-order valence-corrected chi connectivity index (χ0v) is 24.2. The Labute approximate surface area is 241 Å². The van der Waals surface area contributed by atoms with Gasteiger partial charge in [-0.25, -0.2) is 4.39 Å². The van der Waals surface area contributed by atoms with Gasteiger partial charge in [0.2, 0.25) is 5.91 Å². The summed E-state index contributed by atoms with van der Waals surface area (Å²) in [5, 5.41) is 0. The summed E-state index contributed by atoms with van der Waals surface area (Å²) < 4.78 is 18.7. The largest absolute Gasteiger partial charge is 0.378 e. The highest BCUT2D eigenvalue weighted by Crippen LogP contribution is 2.29. The van der Waals surface area contributed by atoms with Gasteiger partial charge in [-0.05, 0) is 43.7 Å². The second-order valence-corrected chi connectivity index (χ2v) is 11.2. The highest BCUT2D eigenvalue weighted by atomic mass is 19.1. The maximum atomic E-state index is 13.8. The lowest BCUT2D eigenvalue weighted by Gasteiger charge is -2.31. The number of amides is 1. The van der Waals surface area contributed by atoms with Crippen molar-refractivity contribution in [3.05, 3.63) is 29.8 Å². The van der Waals surface area contributed by atoms with E-state index >= 15 is 0 Å². The normalized spacial score (nSPS) is 18.7. The maximum Gasteiger partial charge on any atom is 0.227 e. The van der Waals surface area contributed by atoms with Gasteiger partial charge in [-0.3, -0.25) is 24.2 Å². The summed E-state index contributed by atoms with van der Waals surface area (Å²) >= 11 is 0. The molecule has 1 aromatic carbocycles. The minimum absolute atomic E-state index is 0.0359. The number of morpholine rings is 1. The fourth-order valence-electron chi connectivity index (χ4n) is 5.61. The first-order valence-corrected chi connectivity index (χ1v) is 14.6. The van der Waals surface area contributed by atoms with Crippen molar-refractivity contribution in [2.75, 3.05) is 51.0 Å². The molecule has 226 valence electrons. The molecular weight excluding hydrogens is 529 g/mol. The third-order valence-electron chi connectivity index (χ3n) is 8.02. The third-order valence-corrected chi connectivity index (χ3v) is 8.02. The van der Waals surface area contributed by atoms with Gasteiger partial charge >= 0.3 is 0 Å². The van der Waals surface area contributed by atoms with Crippen molar-refractivity contribution in [1.29, 1.82) is 0 Å². The number of carbonyl (C=O) groups excluding carboxylic acids is 4. The Morgan fingerprint density at radius 1 is 1.10 bits per heavy atom. The van der Waals surface area contributed by atoms with Crippen LogP contribution in [0, 0.1) is 17.8 Å². The molecule has 2 heterocycles. The van der Waals surface area contributed by atoms with E-state index < -0.39 is 30.3 Å². The number of nitrogens with two attached hydrogens (primary N) is 2. The average molecular weight is 574 g/mol. The number of anilines is 1. The van der Waals surface area contributed by atoms with Crippen molar-refractivity contribution in [2.24, 2.45) is 34.2 Å². The highest BCUT2D eigenvalue weighted by Gasteiger charge is 2.39. The van der Waals surface area contributed by atoms with E-state index in [1.165, 1.54) is 0 Å². The Balaban J connectivity index is 1.67. The fraction of sp³-hybridized carbons (Fsp3) is 0.633. The number of carbonyl (C=O) groups is 4. The van der Waals surface area contributed by atoms with Crippen molar-refractivity contribution in [2.45, 2.75) is 58.4 Å². The second-order valence-electron chi connectivity index (χ2n) is 11.2. The molecular formula is C30H44FN5O5. The molecule has 0 bridgehead atoms. The Kier molecular flexibility index (Phi) is 12.2. The smallest absolute Gasteiger partial charge is 0.227 e. The standard InChI is InChI=1S/C30H44FN5O5/c1-20(2)24(18-26(37)21-6-3-8-23(16-21)35-12-14-41-15-13-35)29(40)36-11-5-9-25(36)27(38)17-22(28(39)19-31)7-4-10-34-30(32)33/h3,6,8,16,20,22,24-25H,4-5,7,9-15,17-19H2,1-2H3,(H4,32,33,34)/t22-,24+,25+/m1/s1. The molecule has 4 N–H and O–H groups in total. The van der Waals surface area contributed by atoms with Crippen molar-refractivity contribution < 1.29 is 28.3 Å². The lowest BCUT2D eigenvalue weighted by molar-refractivity contribution is -0.142. The third kappa shape index (κ3) is 9.08. The number of guanidine groups is 1. The number of hydrogen-bond acceptors (Lipinski definition) is 7. The molecule has 3 rings (SSSR count). The Morgan fingerprint density at radius 2 is 1.83 bits per heavy atom. The van der Waals surface area contributed by atoms with E-state index in [1.54, 1.807) is 11.0 Å². The van der Waals surface area contributed by atoms with Crippen LogP contribution in [0.1, 0.15) is 62.7 Å². The van der Waals surface area contributed by atoms with E-state index in [2.05, 4.69) is 9.89 Å². The molecule has 2 aliphatic heterocycles. The molecule has 2 saturated heterocycles. The second kappa shape index (κ2) is 15.6. The zero-order valence-electron chi connectivity index (χ0n) is 24.2. The van der Waals surface area contributed by atoms with E-state index in [-0.39, 0.29) is 55.2 Å². The van der Waals surface area contributed by atoms with Gasteiger partial charge in [-0.15, -0.1) is 0 Å². The number of likely N-dealkylation sites (tertiary alicyclic amines) is 1. The number of hydrogen-bond donors (Lipinski definition) is 2. The molecule has 2 aliphatic rings. The summed E-state index contributed by atoms with van der Waals surface area (Å²) in [5.74, 6) is -2.82. The summed E-state index contributed by atoms with van der Waals surface area (Å²) in [6.45, 7) is 6.12. The Hall–Kier alpha value is -3.34. The zero-order chi connectivity index (χ0) is 29.9. The van der Waals surface area contributed by atoms with Gasteiger partial charge in [0.15, 0.2) is 23.3 Å². The number of Topliss-reactive ketones (excluding diaryl/α,β-unsaturated/α-hetero) is 3. The van der Waals surface area contributed by atoms with E-state index in [0.29, 0.717) is 44.6 Å². The first-order chi connectivity index (χ1) is 19.6. The number of benzene rings is 1. The lowest BCUT2D eigenvalue weighted by atomic mass is 9.86. The van der Waals surface area contributed by atoms with Gasteiger partial charge in [0.25, 0.3) is 0 Å². The maximum absolute atomic E-state index is 13.8. The number of nitrogens with zero attached hydrogens (tertiary/aromatic N) is 3. The van der Waals surface area contributed by atoms with Gasteiger partial charge in [-0.2, -0.15) is 0 Å². The lowest BCUT2D eigenvalue weighted by Crippen LogP contribution is -2.45. The van der Waals surface area contributed by atoms with Crippen LogP contribution in [0.3, 0.4) is 0 Å². The number of alkyl halides is 1. The van der Waals surface area contributed by atoms with Crippen LogP contribution in [0.5, 0.6) is 0 Å². The van der Waals surface area contributed by atoms with Gasteiger partial charge in [0.05, 0.1) is 19.3 Å². The van der Waals surface area contributed by atoms with Crippen LogP contribution in [0.15, 0.2) is 29.3 Å². The van der Waals surface area contributed by atoms with Crippen molar-refractivity contribution in [3.63, 3.8) is 0 Å². The van der Waals surface area contributed by atoms with Crippen LogP contribution in [-0.4, -0.2) is 86.2 Å². The fourth-order valence-corrected chi connectivity index (χ4v) is 5.61. The predicted octanol–water partition coefficient (Wildman–Crippen LogP) is 2.53. The van der Waals surface area contributed by atoms with E-state index in [9.17, 15) is 23.6 Å². The monoisotopic (exact) mass is 573 g/mol. The number of rotatable bonds is 15. The number of halogens is 1. The van der Waals surface area contributed by atoms with Crippen LogP contribution in [0.2, 0.25) is 0 Å². The minimum atomic E-state index is -1.15. The highest BCUT2D eigenvalue weighted by molar-refractivity contribution is 6.00. The Bertz CT molecular complexity index is 1100. The van der Waals surface area contributed by atoms with Gasteiger partial charge < -0.3 is 26.0 Å². The van der Waals surface area contributed by atoms with Gasteiger partial charge in [-0.1, -0.05) is 26.0 Å². The molecule has 1 amide bonds. The molecule has 0 aromatic heterocycles. The first-order valence-electron chi connectivity index (χ1n) is 14.6. The summed E-state index contributed by atoms with van der Waals surface area (Å²) in [6, 6.07) is 6.77. The Morgan fingerprint density at radius 3 is 2.49 bits per heavy atom.